The highest BCUT2D eigenvalue weighted by molar-refractivity contribution is 5.93. The molecule has 3 fully saturated rings. The summed E-state index contributed by atoms with van der Waals surface area (Å²) < 4.78 is 0. The van der Waals surface area contributed by atoms with Gasteiger partial charge in [-0.05, 0) is 33.1 Å². The van der Waals surface area contributed by atoms with Crippen molar-refractivity contribution in [3.63, 3.8) is 0 Å². The minimum atomic E-state index is -0.763. The first-order chi connectivity index (χ1) is 8.97. The van der Waals surface area contributed by atoms with Crippen molar-refractivity contribution in [3.8, 4) is 0 Å². The molecule has 1 N–H and O–H groups in total. The topological polar surface area (TPSA) is 52.7 Å². The van der Waals surface area contributed by atoms with Gasteiger partial charge in [0, 0.05) is 38.1 Å². The van der Waals surface area contributed by atoms with E-state index >= 15 is 0 Å². The zero-order valence-electron chi connectivity index (χ0n) is 11.8. The Kier molecular flexibility index (Phi) is 3.04. The molecule has 0 radical (unpaired) electrons. The predicted molar refractivity (Wildman–Crippen MR) is 71.6 cm³/mol. The van der Waals surface area contributed by atoms with Gasteiger partial charge in [-0.25, -0.2) is 0 Å². The van der Waals surface area contributed by atoms with Crippen molar-refractivity contribution >= 4 is 11.8 Å². The summed E-state index contributed by atoms with van der Waals surface area (Å²) >= 11 is 0. The van der Waals surface area contributed by atoms with Gasteiger partial charge in [-0.15, -0.1) is 0 Å². The van der Waals surface area contributed by atoms with Crippen molar-refractivity contribution in [3.05, 3.63) is 0 Å². The van der Waals surface area contributed by atoms with Crippen LogP contribution in [0.3, 0.4) is 0 Å². The predicted octanol–water partition coefficient (Wildman–Crippen LogP) is 0.350. The van der Waals surface area contributed by atoms with E-state index in [1.165, 1.54) is 12.8 Å². The van der Waals surface area contributed by atoms with Crippen molar-refractivity contribution < 1.29 is 9.59 Å². The van der Waals surface area contributed by atoms with Crippen molar-refractivity contribution in [2.45, 2.75) is 57.2 Å². The second-order valence-corrected chi connectivity index (χ2v) is 6.59. The van der Waals surface area contributed by atoms with E-state index in [0.29, 0.717) is 19.0 Å². The Balaban J connectivity index is 1.72. The molecule has 2 aliphatic heterocycles. The lowest BCUT2D eigenvalue weighted by Gasteiger charge is -2.33. The fourth-order valence-electron chi connectivity index (χ4n) is 3.29. The van der Waals surface area contributed by atoms with Crippen LogP contribution in [0.25, 0.3) is 0 Å². The van der Waals surface area contributed by atoms with E-state index in [2.05, 4.69) is 10.2 Å². The Morgan fingerprint density at radius 2 is 1.84 bits per heavy atom. The highest BCUT2D eigenvalue weighted by Gasteiger charge is 2.43. The van der Waals surface area contributed by atoms with Gasteiger partial charge in [0.25, 0.3) is 0 Å². The number of carbonyl (C=O) groups is 2. The maximum Gasteiger partial charge on any atom is 0.248 e. The first-order valence-electron chi connectivity index (χ1n) is 7.33. The number of hydrogen-bond acceptors (Lipinski definition) is 3. The summed E-state index contributed by atoms with van der Waals surface area (Å²) in [6, 6.07) is 1.06. The van der Waals surface area contributed by atoms with Crippen LogP contribution in [0.4, 0.5) is 0 Å². The van der Waals surface area contributed by atoms with Gasteiger partial charge in [0.2, 0.25) is 11.8 Å². The molecule has 1 unspecified atom stereocenters. The molecular formula is C14H23N3O2. The average molecular weight is 265 g/mol. The van der Waals surface area contributed by atoms with E-state index in [1.807, 2.05) is 4.90 Å². The van der Waals surface area contributed by atoms with Crippen LogP contribution in [-0.4, -0.2) is 58.9 Å². The molecular weight excluding hydrogens is 242 g/mol. The van der Waals surface area contributed by atoms with Gasteiger partial charge in [0.05, 0.1) is 0 Å². The van der Waals surface area contributed by atoms with E-state index in [9.17, 15) is 9.59 Å². The van der Waals surface area contributed by atoms with Crippen molar-refractivity contribution in [2.75, 3.05) is 19.6 Å². The minimum absolute atomic E-state index is 0.0158. The van der Waals surface area contributed by atoms with E-state index in [-0.39, 0.29) is 11.8 Å². The molecule has 5 heteroatoms. The standard InChI is InChI=1S/C14H23N3O2/c1-14(2)13(19)17(8-6-12(18)15-14)11-5-7-16(9-11)10-3-4-10/h10-11H,3-9H2,1-2H3,(H,15,18). The smallest absolute Gasteiger partial charge is 0.248 e. The third kappa shape index (κ3) is 2.48. The van der Waals surface area contributed by atoms with Crippen LogP contribution in [0.5, 0.6) is 0 Å². The lowest BCUT2D eigenvalue weighted by molar-refractivity contribution is -0.139. The first-order valence-corrected chi connectivity index (χ1v) is 7.33. The Hall–Kier alpha value is -1.10. The number of hydrogen-bond donors (Lipinski definition) is 1. The van der Waals surface area contributed by atoms with Crippen LogP contribution >= 0.6 is 0 Å². The third-order valence-corrected chi connectivity index (χ3v) is 4.53. The largest absolute Gasteiger partial charge is 0.342 e. The van der Waals surface area contributed by atoms with Crippen molar-refractivity contribution in [1.29, 1.82) is 0 Å². The van der Waals surface area contributed by atoms with Crippen LogP contribution in [-0.2, 0) is 9.59 Å². The summed E-state index contributed by atoms with van der Waals surface area (Å²) in [5.41, 5.74) is -0.763. The molecule has 106 valence electrons. The van der Waals surface area contributed by atoms with Crippen LogP contribution < -0.4 is 5.32 Å². The fourth-order valence-corrected chi connectivity index (χ4v) is 3.29. The summed E-state index contributed by atoms with van der Waals surface area (Å²) in [5, 5.41) is 2.82. The van der Waals surface area contributed by atoms with Crippen LogP contribution in [0, 0.1) is 0 Å². The number of rotatable bonds is 2. The fraction of sp³-hybridized carbons (Fsp3) is 0.857. The normalized spacial score (nSPS) is 32.3. The Morgan fingerprint density at radius 1 is 1.11 bits per heavy atom. The molecule has 0 aromatic rings. The van der Waals surface area contributed by atoms with Crippen molar-refractivity contribution in [1.82, 2.24) is 15.1 Å². The average Bonchev–Trinajstić information content (AvgIpc) is 3.09. The van der Waals surface area contributed by atoms with E-state index in [1.54, 1.807) is 13.8 Å². The Labute approximate surface area is 114 Å². The quantitative estimate of drug-likeness (QED) is 0.784. The summed E-state index contributed by atoms with van der Waals surface area (Å²) in [6.07, 6.45) is 4.10. The molecule has 2 heterocycles. The van der Waals surface area contributed by atoms with Gasteiger partial charge in [0.15, 0.2) is 0 Å². The first kappa shape index (κ1) is 12.9. The molecule has 3 aliphatic rings. The molecule has 3 rings (SSSR count). The lowest BCUT2D eigenvalue weighted by atomic mass is 10.0. The number of amides is 2. The number of nitrogens with one attached hydrogen (secondary N) is 1. The number of nitrogens with zero attached hydrogens (tertiary/aromatic N) is 2. The van der Waals surface area contributed by atoms with Crippen LogP contribution in [0.15, 0.2) is 0 Å². The SMILES string of the molecule is CC1(C)NC(=O)CCN(C2CCN(C3CC3)C2)C1=O. The molecule has 5 nitrogen and oxygen atoms in total. The maximum atomic E-state index is 12.6. The van der Waals surface area contributed by atoms with Crippen molar-refractivity contribution in [2.24, 2.45) is 0 Å². The number of likely N-dealkylation sites (tertiary alicyclic amines) is 1. The van der Waals surface area contributed by atoms with E-state index < -0.39 is 5.54 Å². The molecule has 2 amide bonds. The summed E-state index contributed by atoms with van der Waals surface area (Å²) in [4.78, 5) is 28.7. The summed E-state index contributed by atoms with van der Waals surface area (Å²) in [6.45, 7) is 6.26. The van der Waals surface area contributed by atoms with Gasteiger partial charge in [0.1, 0.15) is 5.54 Å². The Morgan fingerprint density at radius 3 is 2.53 bits per heavy atom. The van der Waals surface area contributed by atoms with Crippen LogP contribution in [0.1, 0.15) is 39.5 Å². The van der Waals surface area contributed by atoms with Gasteiger partial charge in [-0.1, -0.05) is 0 Å². The summed E-state index contributed by atoms with van der Waals surface area (Å²) in [5.74, 6) is 0.0545. The summed E-state index contributed by atoms with van der Waals surface area (Å²) in [7, 11) is 0. The van der Waals surface area contributed by atoms with E-state index in [4.69, 9.17) is 0 Å². The van der Waals surface area contributed by atoms with Gasteiger partial charge >= 0.3 is 0 Å². The van der Waals surface area contributed by atoms with Gasteiger partial charge < -0.3 is 10.2 Å². The molecule has 0 bridgehead atoms. The molecule has 0 aromatic carbocycles. The molecule has 1 saturated carbocycles. The zero-order valence-corrected chi connectivity index (χ0v) is 11.8. The molecule has 19 heavy (non-hydrogen) atoms. The van der Waals surface area contributed by atoms with E-state index in [0.717, 1.165) is 25.6 Å². The molecule has 1 aliphatic carbocycles. The van der Waals surface area contributed by atoms with Gasteiger partial charge in [-0.3, -0.25) is 14.5 Å². The minimum Gasteiger partial charge on any atom is -0.342 e. The second kappa shape index (κ2) is 4.47. The monoisotopic (exact) mass is 265 g/mol. The Bertz CT molecular complexity index is 403. The second-order valence-electron chi connectivity index (χ2n) is 6.59. The maximum absolute atomic E-state index is 12.6. The highest BCUT2D eigenvalue weighted by Crippen LogP contribution is 2.32. The molecule has 0 spiro atoms. The number of carbonyl (C=O) groups excluding carboxylic acids is 2. The molecule has 1 atom stereocenters. The molecule has 0 aromatic heterocycles. The lowest BCUT2D eigenvalue weighted by Crippen LogP contribution is -2.55. The highest BCUT2D eigenvalue weighted by atomic mass is 16.2. The van der Waals surface area contributed by atoms with Crippen LogP contribution in [0.2, 0.25) is 0 Å². The van der Waals surface area contributed by atoms with Gasteiger partial charge in [-0.2, -0.15) is 0 Å². The molecule has 2 saturated heterocycles. The zero-order chi connectivity index (χ0) is 13.6. The third-order valence-electron chi connectivity index (χ3n) is 4.53.